The van der Waals surface area contributed by atoms with Crippen molar-refractivity contribution in [1.29, 1.82) is 0 Å². The predicted octanol–water partition coefficient (Wildman–Crippen LogP) is 4.35. The molecule has 6 heteroatoms. The van der Waals surface area contributed by atoms with Crippen molar-refractivity contribution in [3.8, 4) is 11.3 Å². The maximum absolute atomic E-state index is 6.46. The summed E-state index contributed by atoms with van der Waals surface area (Å²) in [6.45, 7) is 2.89. The normalized spacial score (nSPS) is 14.8. The van der Waals surface area contributed by atoms with Crippen LogP contribution in [0.3, 0.4) is 0 Å². The first kappa shape index (κ1) is 18.8. The summed E-state index contributed by atoms with van der Waals surface area (Å²) in [6, 6.07) is 12.0. The molecule has 0 bridgehead atoms. The molecular formula is C22H24ClN5. The minimum Gasteiger partial charge on any atom is -0.366 e. The second-order valence-electron chi connectivity index (χ2n) is 7.17. The van der Waals surface area contributed by atoms with Crippen LogP contribution in [0.1, 0.15) is 24.1 Å². The first-order valence-corrected chi connectivity index (χ1v) is 10.1. The van der Waals surface area contributed by atoms with Gasteiger partial charge in [-0.15, -0.1) is 0 Å². The van der Waals surface area contributed by atoms with Crippen LogP contribution in [-0.2, 0) is 13.0 Å². The van der Waals surface area contributed by atoms with Crippen LogP contribution in [0.25, 0.3) is 11.3 Å². The molecule has 0 saturated carbocycles. The van der Waals surface area contributed by atoms with Gasteiger partial charge in [-0.1, -0.05) is 17.7 Å². The Morgan fingerprint density at radius 2 is 1.93 bits per heavy atom. The van der Waals surface area contributed by atoms with E-state index in [4.69, 9.17) is 16.6 Å². The lowest BCUT2D eigenvalue weighted by Gasteiger charge is -2.22. The summed E-state index contributed by atoms with van der Waals surface area (Å²) in [5.41, 5.74) is 4.04. The first-order valence-electron chi connectivity index (χ1n) is 9.73. The van der Waals surface area contributed by atoms with Crippen LogP contribution in [0, 0.1) is 5.92 Å². The van der Waals surface area contributed by atoms with Crippen molar-refractivity contribution in [3.63, 3.8) is 0 Å². The molecule has 1 aliphatic heterocycles. The van der Waals surface area contributed by atoms with Crippen LogP contribution in [0.2, 0.25) is 5.02 Å². The Bertz CT molecular complexity index is 910. The van der Waals surface area contributed by atoms with Crippen molar-refractivity contribution in [3.05, 3.63) is 71.3 Å². The van der Waals surface area contributed by atoms with E-state index in [9.17, 15) is 0 Å². The Labute approximate surface area is 170 Å². The van der Waals surface area contributed by atoms with E-state index >= 15 is 0 Å². The molecule has 1 saturated heterocycles. The number of pyridine rings is 3. The molecule has 0 aliphatic carbocycles. The van der Waals surface area contributed by atoms with Crippen molar-refractivity contribution in [2.45, 2.75) is 25.8 Å². The topological polar surface area (TPSA) is 62.7 Å². The molecule has 0 aromatic carbocycles. The SMILES string of the molecule is Clc1cnc(CC2CCNCC2)cc1-c1cccc(NCc2ccncc2)n1. The van der Waals surface area contributed by atoms with Gasteiger partial charge in [0.1, 0.15) is 5.82 Å². The summed E-state index contributed by atoms with van der Waals surface area (Å²) in [5, 5.41) is 7.41. The second kappa shape index (κ2) is 9.13. The van der Waals surface area contributed by atoms with Gasteiger partial charge in [-0.3, -0.25) is 9.97 Å². The highest BCUT2D eigenvalue weighted by molar-refractivity contribution is 6.33. The number of nitrogens with one attached hydrogen (secondary N) is 2. The van der Waals surface area contributed by atoms with Crippen LogP contribution < -0.4 is 10.6 Å². The van der Waals surface area contributed by atoms with Gasteiger partial charge in [-0.25, -0.2) is 4.98 Å². The van der Waals surface area contributed by atoms with Crippen molar-refractivity contribution < 1.29 is 0 Å². The Hall–Kier alpha value is -2.50. The fraction of sp³-hybridized carbons (Fsp3) is 0.318. The van der Waals surface area contributed by atoms with Crippen molar-refractivity contribution in [2.75, 3.05) is 18.4 Å². The van der Waals surface area contributed by atoms with E-state index in [0.29, 0.717) is 17.5 Å². The standard InChI is InChI=1S/C22H24ClN5/c23-20-15-26-18(12-16-4-8-24-9-5-16)13-19(20)21-2-1-3-22(28-21)27-14-17-6-10-25-11-7-17/h1-3,6-7,10-11,13,15-16,24H,4-5,8-9,12,14H2,(H,27,28). The molecule has 3 aromatic heterocycles. The Morgan fingerprint density at radius 3 is 2.75 bits per heavy atom. The summed E-state index contributed by atoms with van der Waals surface area (Å²) in [5.74, 6) is 1.51. The maximum atomic E-state index is 6.46. The van der Waals surface area contributed by atoms with Gasteiger partial charge in [0.15, 0.2) is 0 Å². The molecule has 0 spiro atoms. The number of nitrogens with zero attached hydrogens (tertiary/aromatic N) is 3. The zero-order chi connectivity index (χ0) is 19.2. The molecule has 5 nitrogen and oxygen atoms in total. The molecule has 4 heterocycles. The van der Waals surface area contributed by atoms with E-state index in [0.717, 1.165) is 47.8 Å². The van der Waals surface area contributed by atoms with E-state index in [1.54, 1.807) is 18.6 Å². The average Bonchev–Trinajstić information content (AvgIpc) is 2.75. The van der Waals surface area contributed by atoms with Crippen molar-refractivity contribution >= 4 is 17.4 Å². The summed E-state index contributed by atoms with van der Waals surface area (Å²) in [7, 11) is 0. The van der Waals surface area contributed by atoms with E-state index < -0.39 is 0 Å². The van der Waals surface area contributed by atoms with Crippen LogP contribution in [0.15, 0.2) is 55.0 Å². The summed E-state index contributed by atoms with van der Waals surface area (Å²) in [4.78, 5) is 13.4. The molecule has 4 rings (SSSR count). The number of aromatic nitrogens is 3. The zero-order valence-corrected chi connectivity index (χ0v) is 16.5. The van der Waals surface area contributed by atoms with Crippen LogP contribution in [0.5, 0.6) is 0 Å². The minimum absolute atomic E-state index is 0.632. The molecule has 144 valence electrons. The number of hydrogen-bond acceptors (Lipinski definition) is 5. The Balaban J connectivity index is 1.50. The number of piperidine rings is 1. The van der Waals surface area contributed by atoms with Crippen molar-refractivity contribution in [1.82, 2.24) is 20.3 Å². The van der Waals surface area contributed by atoms with Gasteiger partial charge in [0, 0.05) is 36.4 Å². The van der Waals surface area contributed by atoms with E-state index in [2.05, 4.69) is 26.7 Å². The molecule has 3 aromatic rings. The van der Waals surface area contributed by atoms with Crippen LogP contribution in [0.4, 0.5) is 5.82 Å². The van der Waals surface area contributed by atoms with E-state index in [1.165, 1.54) is 12.8 Å². The highest BCUT2D eigenvalue weighted by Crippen LogP contribution is 2.29. The summed E-state index contributed by atoms with van der Waals surface area (Å²) >= 11 is 6.46. The molecule has 1 fully saturated rings. The third-order valence-electron chi connectivity index (χ3n) is 5.12. The third kappa shape index (κ3) is 4.86. The highest BCUT2D eigenvalue weighted by Gasteiger charge is 2.16. The molecule has 0 unspecified atom stereocenters. The van der Waals surface area contributed by atoms with E-state index in [-0.39, 0.29) is 0 Å². The largest absolute Gasteiger partial charge is 0.366 e. The number of halogens is 1. The first-order chi connectivity index (χ1) is 13.8. The Morgan fingerprint density at radius 1 is 1.11 bits per heavy atom. The van der Waals surface area contributed by atoms with E-state index in [1.807, 2.05) is 30.3 Å². The molecule has 0 amide bonds. The van der Waals surface area contributed by atoms with Gasteiger partial charge < -0.3 is 10.6 Å². The van der Waals surface area contributed by atoms with Crippen LogP contribution in [-0.4, -0.2) is 28.0 Å². The fourth-order valence-electron chi connectivity index (χ4n) is 3.55. The van der Waals surface area contributed by atoms with Gasteiger partial charge in [-0.2, -0.15) is 0 Å². The molecule has 0 radical (unpaired) electrons. The number of rotatable bonds is 6. The maximum Gasteiger partial charge on any atom is 0.126 e. The zero-order valence-electron chi connectivity index (χ0n) is 15.7. The molecule has 0 atom stereocenters. The summed E-state index contributed by atoms with van der Waals surface area (Å²) in [6.07, 6.45) is 8.74. The highest BCUT2D eigenvalue weighted by atomic mass is 35.5. The number of anilines is 1. The third-order valence-corrected chi connectivity index (χ3v) is 5.42. The van der Waals surface area contributed by atoms with Gasteiger partial charge in [-0.05, 0) is 74.2 Å². The fourth-order valence-corrected chi connectivity index (χ4v) is 3.75. The molecule has 1 aliphatic rings. The number of hydrogen-bond donors (Lipinski definition) is 2. The van der Waals surface area contributed by atoms with Gasteiger partial charge >= 0.3 is 0 Å². The van der Waals surface area contributed by atoms with Gasteiger partial charge in [0.05, 0.1) is 10.7 Å². The van der Waals surface area contributed by atoms with Gasteiger partial charge in [0.2, 0.25) is 0 Å². The smallest absolute Gasteiger partial charge is 0.126 e. The lowest BCUT2D eigenvalue weighted by Crippen LogP contribution is -2.28. The average molecular weight is 394 g/mol. The molecular weight excluding hydrogens is 370 g/mol. The molecule has 28 heavy (non-hydrogen) atoms. The monoisotopic (exact) mass is 393 g/mol. The Kier molecular flexibility index (Phi) is 6.14. The van der Waals surface area contributed by atoms with Crippen molar-refractivity contribution in [2.24, 2.45) is 5.92 Å². The predicted molar refractivity (Wildman–Crippen MR) is 113 cm³/mol. The quantitative estimate of drug-likeness (QED) is 0.652. The lowest BCUT2D eigenvalue weighted by atomic mass is 9.92. The lowest BCUT2D eigenvalue weighted by molar-refractivity contribution is 0.370. The minimum atomic E-state index is 0.632. The van der Waals surface area contributed by atoms with Crippen LogP contribution >= 0.6 is 11.6 Å². The summed E-state index contributed by atoms with van der Waals surface area (Å²) < 4.78 is 0. The molecule has 2 N–H and O–H groups in total. The van der Waals surface area contributed by atoms with Gasteiger partial charge in [0.25, 0.3) is 0 Å². The second-order valence-corrected chi connectivity index (χ2v) is 7.58.